The Kier molecular flexibility index (Phi) is 4.53. The molecule has 5 nitrogen and oxygen atoms in total. The lowest BCUT2D eigenvalue weighted by molar-refractivity contribution is 0.0600. The minimum Gasteiger partial charge on any atom is -0.495 e. The molecule has 1 heterocycles. The fourth-order valence-corrected chi connectivity index (χ4v) is 1.85. The maximum Gasteiger partial charge on any atom is 0.341 e. The van der Waals surface area contributed by atoms with Crippen LogP contribution in [0, 0.1) is 0 Å². The number of carbonyl (C=O) groups is 1. The molecule has 106 valence electrons. The number of anilines is 1. The molecular formula is C14H14ClNO4. The van der Waals surface area contributed by atoms with E-state index in [0.717, 1.165) is 5.69 Å². The molecule has 0 saturated heterocycles. The van der Waals surface area contributed by atoms with E-state index in [2.05, 4.69) is 10.1 Å². The Balaban J connectivity index is 2.01. The topological polar surface area (TPSA) is 60.7 Å². The Bertz CT molecular complexity index is 609. The minimum atomic E-state index is -0.423. The molecule has 0 aliphatic rings. The number of methoxy groups -OCH3 is 2. The van der Waals surface area contributed by atoms with Gasteiger partial charge < -0.3 is 19.2 Å². The molecule has 0 aliphatic heterocycles. The van der Waals surface area contributed by atoms with Gasteiger partial charge in [0.05, 0.1) is 31.4 Å². The Morgan fingerprint density at radius 1 is 1.35 bits per heavy atom. The van der Waals surface area contributed by atoms with Gasteiger partial charge in [0, 0.05) is 11.8 Å². The van der Waals surface area contributed by atoms with Gasteiger partial charge in [0.25, 0.3) is 0 Å². The first-order valence-electron chi connectivity index (χ1n) is 5.87. The van der Waals surface area contributed by atoms with Crippen molar-refractivity contribution in [3.63, 3.8) is 0 Å². The van der Waals surface area contributed by atoms with Gasteiger partial charge in [0.2, 0.25) is 0 Å². The molecule has 20 heavy (non-hydrogen) atoms. The Hall–Kier alpha value is -2.14. The highest BCUT2D eigenvalue weighted by atomic mass is 35.5. The maximum atomic E-state index is 11.3. The van der Waals surface area contributed by atoms with E-state index < -0.39 is 5.97 Å². The van der Waals surface area contributed by atoms with Gasteiger partial charge in [-0.15, -0.1) is 0 Å². The molecule has 2 aromatic rings. The number of nitrogens with one attached hydrogen (secondary N) is 1. The fraction of sp³-hybridized carbons (Fsp3) is 0.214. The highest BCUT2D eigenvalue weighted by Gasteiger charge is 2.10. The summed E-state index contributed by atoms with van der Waals surface area (Å²) in [5, 5.41) is 3.69. The van der Waals surface area contributed by atoms with Crippen molar-refractivity contribution < 1.29 is 18.7 Å². The third kappa shape index (κ3) is 3.24. The van der Waals surface area contributed by atoms with Gasteiger partial charge in [-0.25, -0.2) is 4.79 Å². The van der Waals surface area contributed by atoms with Crippen LogP contribution in [0.4, 0.5) is 5.69 Å². The molecule has 0 fully saturated rings. The Morgan fingerprint density at radius 3 is 2.85 bits per heavy atom. The molecule has 0 radical (unpaired) electrons. The molecule has 0 aliphatic carbocycles. The maximum absolute atomic E-state index is 11.3. The van der Waals surface area contributed by atoms with E-state index in [-0.39, 0.29) is 0 Å². The molecule has 6 heteroatoms. The lowest BCUT2D eigenvalue weighted by Crippen LogP contribution is -2.00. The molecule has 0 atom stereocenters. The van der Waals surface area contributed by atoms with E-state index in [0.29, 0.717) is 28.6 Å². The molecule has 1 aromatic carbocycles. The van der Waals surface area contributed by atoms with Crippen LogP contribution >= 0.6 is 11.6 Å². The minimum absolute atomic E-state index is 0.387. The highest BCUT2D eigenvalue weighted by molar-refractivity contribution is 6.32. The number of halogens is 1. The van der Waals surface area contributed by atoms with Gasteiger partial charge in [0.1, 0.15) is 17.8 Å². The van der Waals surface area contributed by atoms with Crippen LogP contribution in [0.25, 0.3) is 0 Å². The summed E-state index contributed by atoms with van der Waals surface area (Å²) in [6.07, 6.45) is 1.37. The van der Waals surface area contributed by atoms with E-state index in [1.807, 2.05) is 6.07 Å². The summed E-state index contributed by atoms with van der Waals surface area (Å²) >= 11 is 5.94. The van der Waals surface area contributed by atoms with Crippen molar-refractivity contribution in [2.45, 2.75) is 6.54 Å². The predicted molar refractivity (Wildman–Crippen MR) is 75.4 cm³/mol. The molecule has 0 bridgehead atoms. The van der Waals surface area contributed by atoms with Crippen LogP contribution in [0.15, 0.2) is 34.9 Å². The summed E-state index contributed by atoms with van der Waals surface area (Å²) in [6, 6.07) is 6.98. The summed E-state index contributed by atoms with van der Waals surface area (Å²) in [5.41, 5.74) is 1.22. The molecule has 0 amide bonds. The SMILES string of the molecule is COC(=O)c1coc(CNc2ccc(Cl)c(OC)c2)c1. The lowest BCUT2D eigenvalue weighted by atomic mass is 10.3. The van der Waals surface area contributed by atoms with Crippen molar-refractivity contribution in [2.24, 2.45) is 0 Å². The molecule has 1 aromatic heterocycles. The third-order valence-corrected chi connectivity index (χ3v) is 3.00. The Labute approximate surface area is 121 Å². The summed E-state index contributed by atoms with van der Waals surface area (Å²) in [7, 11) is 2.88. The monoisotopic (exact) mass is 295 g/mol. The van der Waals surface area contributed by atoms with E-state index in [1.165, 1.54) is 13.4 Å². The number of carbonyl (C=O) groups excluding carboxylic acids is 1. The normalized spacial score (nSPS) is 10.2. The van der Waals surface area contributed by atoms with Crippen LogP contribution in [-0.2, 0) is 11.3 Å². The summed E-state index contributed by atoms with van der Waals surface area (Å²) < 4.78 is 15.0. The zero-order valence-corrected chi connectivity index (χ0v) is 11.9. The number of hydrogen-bond acceptors (Lipinski definition) is 5. The van der Waals surface area contributed by atoms with Crippen LogP contribution in [-0.4, -0.2) is 20.2 Å². The number of benzene rings is 1. The van der Waals surface area contributed by atoms with Crippen molar-refractivity contribution in [3.8, 4) is 5.75 Å². The molecule has 0 spiro atoms. The average Bonchev–Trinajstić information content (AvgIpc) is 2.94. The first-order valence-corrected chi connectivity index (χ1v) is 6.25. The number of ether oxygens (including phenoxy) is 2. The number of hydrogen-bond donors (Lipinski definition) is 1. The second-order valence-electron chi connectivity index (χ2n) is 4.00. The predicted octanol–water partition coefficient (Wildman–Crippen LogP) is 3.34. The standard InChI is InChI=1S/C14H14ClNO4/c1-18-13-6-10(3-4-12(13)15)16-7-11-5-9(8-20-11)14(17)19-2/h3-6,8,16H,7H2,1-2H3. The Morgan fingerprint density at radius 2 is 2.15 bits per heavy atom. The van der Waals surface area contributed by atoms with Gasteiger partial charge in [-0.2, -0.15) is 0 Å². The van der Waals surface area contributed by atoms with Crippen LogP contribution in [0.5, 0.6) is 5.75 Å². The third-order valence-electron chi connectivity index (χ3n) is 2.69. The zero-order chi connectivity index (χ0) is 14.5. The zero-order valence-electron chi connectivity index (χ0n) is 11.1. The van der Waals surface area contributed by atoms with Crippen LogP contribution < -0.4 is 10.1 Å². The number of rotatable bonds is 5. The van der Waals surface area contributed by atoms with E-state index in [4.69, 9.17) is 20.8 Å². The first-order chi connectivity index (χ1) is 9.63. The quantitative estimate of drug-likeness (QED) is 0.857. The summed E-state index contributed by atoms with van der Waals surface area (Å²) in [5.74, 6) is 0.791. The summed E-state index contributed by atoms with van der Waals surface area (Å²) in [6.45, 7) is 0.432. The second kappa shape index (κ2) is 6.34. The van der Waals surface area contributed by atoms with Crippen molar-refractivity contribution in [1.82, 2.24) is 0 Å². The number of esters is 1. The summed E-state index contributed by atoms with van der Waals surface area (Å²) in [4.78, 5) is 11.3. The fourth-order valence-electron chi connectivity index (χ4n) is 1.66. The van der Waals surface area contributed by atoms with Gasteiger partial charge >= 0.3 is 5.97 Å². The smallest absolute Gasteiger partial charge is 0.341 e. The van der Waals surface area contributed by atoms with E-state index in [1.54, 1.807) is 25.3 Å². The molecule has 0 unspecified atom stereocenters. The lowest BCUT2D eigenvalue weighted by Gasteiger charge is -2.08. The van der Waals surface area contributed by atoms with Gasteiger partial charge in [-0.3, -0.25) is 0 Å². The van der Waals surface area contributed by atoms with Crippen LogP contribution in [0.1, 0.15) is 16.1 Å². The molecule has 2 rings (SSSR count). The van der Waals surface area contributed by atoms with Gasteiger partial charge in [-0.05, 0) is 18.2 Å². The molecule has 1 N–H and O–H groups in total. The highest BCUT2D eigenvalue weighted by Crippen LogP contribution is 2.27. The molecular weight excluding hydrogens is 282 g/mol. The van der Waals surface area contributed by atoms with Gasteiger partial charge in [-0.1, -0.05) is 11.6 Å². The van der Waals surface area contributed by atoms with E-state index in [9.17, 15) is 4.79 Å². The van der Waals surface area contributed by atoms with Crippen LogP contribution in [0.2, 0.25) is 5.02 Å². The molecule has 0 saturated carbocycles. The second-order valence-corrected chi connectivity index (χ2v) is 4.40. The van der Waals surface area contributed by atoms with Crippen molar-refractivity contribution >= 4 is 23.3 Å². The number of furan rings is 1. The largest absolute Gasteiger partial charge is 0.495 e. The van der Waals surface area contributed by atoms with Crippen molar-refractivity contribution in [2.75, 3.05) is 19.5 Å². The van der Waals surface area contributed by atoms with Crippen molar-refractivity contribution in [1.29, 1.82) is 0 Å². The average molecular weight is 296 g/mol. The van der Waals surface area contributed by atoms with Crippen molar-refractivity contribution in [3.05, 3.63) is 46.9 Å². The van der Waals surface area contributed by atoms with E-state index >= 15 is 0 Å². The van der Waals surface area contributed by atoms with Gasteiger partial charge in [0.15, 0.2) is 0 Å². The van der Waals surface area contributed by atoms with Crippen LogP contribution in [0.3, 0.4) is 0 Å². The first kappa shape index (κ1) is 14.3.